The molecule has 0 aliphatic carbocycles. The first-order chi connectivity index (χ1) is 5.77. The average molecular weight is 174 g/mol. The molecule has 0 unspecified atom stereocenters. The van der Waals surface area contributed by atoms with Crippen molar-refractivity contribution in [2.24, 2.45) is 0 Å². The molecule has 12 heavy (non-hydrogen) atoms. The van der Waals surface area contributed by atoms with Gasteiger partial charge in [0.2, 0.25) is 0 Å². The first-order valence-electron chi connectivity index (χ1n) is 4.17. The Labute approximate surface area is 74.0 Å². The largest absolute Gasteiger partial charge is 0.394 e. The number of aliphatic hydroxyl groups is 1. The van der Waals surface area contributed by atoms with Crippen LogP contribution in [0.2, 0.25) is 0 Å². The molecule has 0 aliphatic rings. The van der Waals surface area contributed by atoms with Crippen LogP contribution in [-0.4, -0.2) is 38.1 Å². The highest BCUT2D eigenvalue weighted by molar-refractivity contribution is 4.92. The second-order valence-corrected chi connectivity index (χ2v) is 2.69. The topological polar surface area (TPSA) is 38.7 Å². The third kappa shape index (κ3) is 9.62. The van der Waals surface area contributed by atoms with Gasteiger partial charge < -0.3 is 14.6 Å². The van der Waals surface area contributed by atoms with Crippen LogP contribution in [0.5, 0.6) is 0 Å². The highest BCUT2D eigenvalue weighted by atomic mass is 16.5. The maximum absolute atomic E-state index is 8.37. The Bertz CT molecular complexity index is 117. The molecular formula is C9H18O3. The highest BCUT2D eigenvalue weighted by Crippen LogP contribution is 1.88. The molecule has 1 N–H and O–H groups in total. The summed E-state index contributed by atoms with van der Waals surface area (Å²) >= 11 is 0. The molecule has 0 saturated carbocycles. The van der Waals surface area contributed by atoms with Crippen LogP contribution in [0.4, 0.5) is 0 Å². The van der Waals surface area contributed by atoms with E-state index in [2.05, 4.69) is 0 Å². The van der Waals surface area contributed by atoms with E-state index in [4.69, 9.17) is 14.6 Å². The number of hydrogen-bond acceptors (Lipinski definition) is 3. The first-order valence-corrected chi connectivity index (χ1v) is 4.17. The van der Waals surface area contributed by atoms with Crippen LogP contribution >= 0.6 is 0 Å². The van der Waals surface area contributed by atoms with Crippen molar-refractivity contribution in [1.82, 2.24) is 0 Å². The summed E-state index contributed by atoms with van der Waals surface area (Å²) in [5, 5.41) is 8.37. The van der Waals surface area contributed by atoms with Crippen LogP contribution in [-0.2, 0) is 9.47 Å². The fourth-order valence-electron chi connectivity index (χ4n) is 0.593. The minimum atomic E-state index is 0.0774. The molecule has 0 heterocycles. The maximum Gasteiger partial charge on any atom is 0.0704 e. The molecule has 0 saturated heterocycles. The Morgan fingerprint density at radius 1 is 1.17 bits per heavy atom. The van der Waals surface area contributed by atoms with E-state index in [0.717, 1.165) is 0 Å². The van der Waals surface area contributed by atoms with Gasteiger partial charge in [-0.05, 0) is 13.8 Å². The molecule has 0 aliphatic heterocycles. The standard InChI is InChI=1S/C9H18O3/c1-9(2)3-5-11-7-8-12-6-4-10/h3,10H,4-8H2,1-2H3. The van der Waals surface area contributed by atoms with Crippen LogP contribution in [0, 0.1) is 0 Å². The Kier molecular flexibility index (Phi) is 8.44. The summed E-state index contributed by atoms with van der Waals surface area (Å²) in [7, 11) is 0. The van der Waals surface area contributed by atoms with Crippen LogP contribution in [0.1, 0.15) is 13.8 Å². The predicted molar refractivity (Wildman–Crippen MR) is 48.2 cm³/mol. The van der Waals surface area contributed by atoms with Crippen LogP contribution < -0.4 is 0 Å². The number of hydrogen-bond donors (Lipinski definition) is 1. The molecule has 0 aromatic carbocycles. The summed E-state index contributed by atoms with van der Waals surface area (Å²) in [6, 6.07) is 0. The predicted octanol–water partition coefficient (Wildman–Crippen LogP) is 0.978. The van der Waals surface area contributed by atoms with E-state index in [1.807, 2.05) is 19.9 Å². The average Bonchev–Trinajstić information content (AvgIpc) is 2.02. The summed E-state index contributed by atoms with van der Waals surface area (Å²) in [6.45, 7) is 6.32. The van der Waals surface area contributed by atoms with Crippen molar-refractivity contribution in [3.05, 3.63) is 11.6 Å². The lowest BCUT2D eigenvalue weighted by Crippen LogP contribution is -2.07. The molecule has 0 radical (unpaired) electrons. The van der Waals surface area contributed by atoms with Gasteiger partial charge in [-0.2, -0.15) is 0 Å². The highest BCUT2D eigenvalue weighted by Gasteiger charge is 1.86. The normalized spacial score (nSPS) is 9.92. The summed E-state index contributed by atoms with van der Waals surface area (Å²) in [6.07, 6.45) is 2.02. The van der Waals surface area contributed by atoms with Crippen molar-refractivity contribution in [3.8, 4) is 0 Å². The maximum atomic E-state index is 8.37. The summed E-state index contributed by atoms with van der Waals surface area (Å²) < 4.78 is 10.2. The van der Waals surface area contributed by atoms with Crippen molar-refractivity contribution >= 4 is 0 Å². The minimum Gasteiger partial charge on any atom is -0.394 e. The monoisotopic (exact) mass is 174 g/mol. The van der Waals surface area contributed by atoms with Gasteiger partial charge in [-0.1, -0.05) is 11.6 Å². The van der Waals surface area contributed by atoms with E-state index in [0.29, 0.717) is 26.4 Å². The zero-order valence-corrected chi connectivity index (χ0v) is 7.88. The zero-order valence-electron chi connectivity index (χ0n) is 7.88. The van der Waals surface area contributed by atoms with E-state index in [9.17, 15) is 0 Å². The van der Waals surface area contributed by atoms with Gasteiger partial charge in [0.15, 0.2) is 0 Å². The molecule has 0 atom stereocenters. The number of ether oxygens (including phenoxy) is 2. The molecule has 0 spiro atoms. The van der Waals surface area contributed by atoms with Gasteiger partial charge in [-0.25, -0.2) is 0 Å². The quantitative estimate of drug-likeness (QED) is 0.462. The lowest BCUT2D eigenvalue weighted by Gasteiger charge is -2.02. The van der Waals surface area contributed by atoms with E-state index < -0.39 is 0 Å². The molecule has 0 fully saturated rings. The third-order valence-electron chi connectivity index (χ3n) is 1.22. The smallest absolute Gasteiger partial charge is 0.0704 e. The van der Waals surface area contributed by atoms with E-state index in [1.165, 1.54) is 5.57 Å². The van der Waals surface area contributed by atoms with Crippen LogP contribution in [0.3, 0.4) is 0 Å². The summed E-state index contributed by atoms with van der Waals surface area (Å²) in [5.74, 6) is 0. The summed E-state index contributed by atoms with van der Waals surface area (Å²) in [5.41, 5.74) is 1.26. The van der Waals surface area contributed by atoms with Crippen molar-refractivity contribution in [2.45, 2.75) is 13.8 Å². The van der Waals surface area contributed by atoms with Crippen molar-refractivity contribution in [2.75, 3.05) is 33.0 Å². The second-order valence-electron chi connectivity index (χ2n) is 2.69. The van der Waals surface area contributed by atoms with Crippen molar-refractivity contribution in [3.63, 3.8) is 0 Å². The molecule has 72 valence electrons. The molecule has 0 aromatic rings. The van der Waals surface area contributed by atoms with Gasteiger partial charge in [0.05, 0.1) is 33.0 Å². The van der Waals surface area contributed by atoms with E-state index >= 15 is 0 Å². The third-order valence-corrected chi connectivity index (χ3v) is 1.22. The zero-order chi connectivity index (χ0) is 9.23. The Morgan fingerprint density at radius 2 is 1.83 bits per heavy atom. The van der Waals surface area contributed by atoms with Gasteiger partial charge in [-0.15, -0.1) is 0 Å². The van der Waals surface area contributed by atoms with Gasteiger partial charge >= 0.3 is 0 Å². The van der Waals surface area contributed by atoms with E-state index in [1.54, 1.807) is 0 Å². The fraction of sp³-hybridized carbons (Fsp3) is 0.778. The number of aliphatic hydroxyl groups excluding tert-OH is 1. The Balaban J connectivity index is 2.96. The van der Waals surface area contributed by atoms with Gasteiger partial charge in [0, 0.05) is 0 Å². The molecule has 0 bridgehead atoms. The Hall–Kier alpha value is -0.380. The number of allylic oxidation sites excluding steroid dienone is 1. The van der Waals surface area contributed by atoms with Crippen molar-refractivity contribution in [1.29, 1.82) is 0 Å². The molecule has 3 heteroatoms. The van der Waals surface area contributed by atoms with Gasteiger partial charge in [0.1, 0.15) is 0 Å². The van der Waals surface area contributed by atoms with Crippen LogP contribution in [0.25, 0.3) is 0 Å². The minimum absolute atomic E-state index is 0.0774. The van der Waals surface area contributed by atoms with E-state index in [-0.39, 0.29) is 6.61 Å². The first kappa shape index (κ1) is 11.6. The molecule has 0 rings (SSSR count). The van der Waals surface area contributed by atoms with Gasteiger partial charge in [-0.3, -0.25) is 0 Å². The molecule has 0 amide bonds. The lowest BCUT2D eigenvalue weighted by molar-refractivity contribution is 0.0410. The summed E-state index contributed by atoms with van der Waals surface area (Å²) in [4.78, 5) is 0. The van der Waals surface area contributed by atoms with Crippen LogP contribution in [0.15, 0.2) is 11.6 Å². The molecule has 3 nitrogen and oxygen atoms in total. The number of rotatable bonds is 7. The lowest BCUT2D eigenvalue weighted by atomic mass is 10.3. The molecule has 0 aromatic heterocycles. The fourth-order valence-corrected chi connectivity index (χ4v) is 0.593. The van der Waals surface area contributed by atoms with Crippen molar-refractivity contribution < 1.29 is 14.6 Å². The molecular weight excluding hydrogens is 156 g/mol. The Morgan fingerprint density at radius 3 is 2.42 bits per heavy atom. The second kappa shape index (κ2) is 8.71. The van der Waals surface area contributed by atoms with Gasteiger partial charge in [0.25, 0.3) is 0 Å². The SMILES string of the molecule is CC(C)=CCOCCOCCO.